The third kappa shape index (κ3) is 1.34. The summed E-state index contributed by atoms with van der Waals surface area (Å²) in [5.74, 6) is -0.665. The summed E-state index contributed by atoms with van der Waals surface area (Å²) in [5, 5.41) is 0. The molecule has 1 rings (SSSR count). The van der Waals surface area contributed by atoms with Crippen LogP contribution in [0.4, 0.5) is 0 Å². The molecule has 0 bridgehead atoms. The average molecular weight is 168 g/mol. The van der Waals surface area contributed by atoms with Crippen LogP contribution in [0, 0.1) is 6.92 Å². The van der Waals surface area contributed by atoms with Crippen LogP contribution in [-0.2, 0) is 4.74 Å². The molecule has 1 heterocycles. The first-order chi connectivity index (χ1) is 5.66. The Labute approximate surface area is 68.4 Å². The summed E-state index contributed by atoms with van der Waals surface area (Å²) in [5.41, 5.74) is -0.153. The predicted molar refractivity (Wildman–Crippen MR) is 40.9 cm³/mol. The SMILES string of the molecule is COC(=O)c1c(C)nc[nH]c1=O. The lowest BCUT2D eigenvalue weighted by Gasteiger charge is -1.99. The van der Waals surface area contributed by atoms with E-state index in [4.69, 9.17) is 0 Å². The van der Waals surface area contributed by atoms with E-state index in [0.29, 0.717) is 5.69 Å². The van der Waals surface area contributed by atoms with Crippen molar-refractivity contribution in [2.75, 3.05) is 7.11 Å². The van der Waals surface area contributed by atoms with E-state index in [2.05, 4.69) is 14.7 Å². The first-order valence-corrected chi connectivity index (χ1v) is 3.29. The summed E-state index contributed by atoms with van der Waals surface area (Å²) in [7, 11) is 1.22. The van der Waals surface area contributed by atoms with Crippen molar-refractivity contribution in [3.63, 3.8) is 0 Å². The van der Waals surface area contributed by atoms with Gasteiger partial charge in [0.05, 0.1) is 19.1 Å². The van der Waals surface area contributed by atoms with Crippen LogP contribution in [0.15, 0.2) is 11.1 Å². The van der Waals surface area contributed by atoms with Crippen molar-refractivity contribution in [3.05, 3.63) is 27.9 Å². The Kier molecular flexibility index (Phi) is 2.23. The van der Waals surface area contributed by atoms with Gasteiger partial charge >= 0.3 is 5.97 Å². The minimum Gasteiger partial charge on any atom is -0.465 e. The second kappa shape index (κ2) is 3.17. The molecule has 0 amide bonds. The van der Waals surface area contributed by atoms with E-state index in [1.165, 1.54) is 13.4 Å². The molecule has 0 saturated carbocycles. The molecule has 0 aliphatic carbocycles. The highest BCUT2D eigenvalue weighted by molar-refractivity contribution is 5.89. The molecule has 12 heavy (non-hydrogen) atoms. The Morgan fingerprint density at radius 1 is 1.67 bits per heavy atom. The molecule has 1 aromatic heterocycles. The van der Waals surface area contributed by atoms with Crippen LogP contribution in [0.2, 0.25) is 0 Å². The highest BCUT2D eigenvalue weighted by atomic mass is 16.5. The third-order valence-corrected chi connectivity index (χ3v) is 1.43. The maximum Gasteiger partial charge on any atom is 0.345 e. The summed E-state index contributed by atoms with van der Waals surface area (Å²) in [6, 6.07) is 0. The minimum atomic E-state index is -0.665. The van der Waals surface area contributed by atoms with Gasteiger partial charge in [0.25, 0.3) is 5.56 Å². The zero-order valence-electron chi connectivity index (χ0n) is 6.75. The van der Waals surface area contributed by atoms with Gasteiger partial charge in [0, 0.05) is 0 Å². The number of rotatable bonds is 1. The number of aromatic amines is 1. The van der Waals surface area contributed by atoms with Crippen LogP contribution < -0.4 is 5.56 Å². The monoisotopic (exact) mass is 168 g/mol. The number of methoxy groups -OCH3 is 1. The van der Waals surface area contributed by atoms with Crippen LogP contribution in [0.25, 0.3) is 0 Å². The van der Waals surface area contributed by atoms with Crippen molar-refractivity contribution in [1.29, 1.82) is 0 Å². The normalized spacial score (nSPS) is 9.50. The van der Waals surface area contributed by atoms with Gasteiger partial charge in [0.1, 0.15) is 5.56 Å². The van der Waals surface area contributed by atoms with Crippen molar-refractivity contribution < 1.29 is 9.53 Å². The van der Waals surface area contributed by atoms with Crippen LogP contribution in [0.5, 0.6) is 0 Å². The maximum absolute atomic E-state index is 11.0. The number of nitrogens with zero attached hydrogens (tertiary/aromatic N) is 1. The fourth-order valence-corrected chi connectivity index (χ4v) is 0.831. The second-order valence-corrected chi connectivity index (χ2v) is 2.18. The fraction of sp³-hybridized carbons (Fsp3) is 0.286. The number of esters is 1. The quantitative estimate of drug-likeness (QED) is 0.592. The van der Waals surface area contributed by atoms with Gasteiger partial charge in [-0.1, -0.05) is 0 Å². The average Bonchev–Trinajstić information content (AvgIpc) is 2.03. The van der Waals surface area contributed by atoms with Crippen LogP contribution in [0.1, 0.15) is 16.1 Å². The first kappa shape index (κ1) is 8.45. The zero-order chi connectivity index (χ0) is 9.14. The van der Waals surface area contributed by atoms with Crippen LogP contribution >= 0.6 is 0 Å². The number of nitrogens with one attached hydrogen (secondary N) is 1. The standard InChI is InChI=1S/C7H8N2O3/c1-4-5(7(11)12-2)6(10)9-3-8-4/h3H,1-2H3,(H,8,9,10). The van der Waals surface area contributed by atoms with Gasteiger partial charge in [0.2, 0.25) is 0 Å². The number of aryl methyl sites for hydroxylation is 1. The van der Waals surface area contributed by atoms with Crippen molar-refractivity contribution in [2.24, 2.45) is 0 Å². The summed E-state index contributed by atoms with van der Waals surface area (Å²) in [6.45, 7) is 1.57. The van der Waals surface area contributed by atoms with E-state index < -0.39 is 11.5 Å². The number of ether oxygens (including phenoxy) is 1. The summed E-state index contributed by atoms with van der Waals surface area (Å²) in [6.07, 6.45) is 1.24. The topological polar surface area (TPSA) is 72.0 Å². The van der Waals surface area contributed by atoms with Gasteiger partial charge in [-0.25, -0.2) is 9.78 Å². The van der Waals surface area contributed by atoms with Gasteiger partial charge in [-0.2, -0.15) is 0 Å². The second-order valence-electron chi connectivity index (χ2n) is 2.18. The Hall–Kier alpha value is -1.65. The van der Waals surface area contributed by atoms with E-state index in [0.717, 1.165) is 0 Å². The smallest absolute Gasteiger partial charge is 0.345 e. The van der Waals surface area contributed by atoms with Gasteiger partial charge in [-0.05, 0) is 6.92 Å². The Morgan fingerprint density at radius 3 is 2.83 bits per heavy atom. The molecule has 0 aliphatic rings. The highest BCUT2D eigenvalue weighted by Gasteiger charge is 2.13. The van der Waals surface area contributed by atoms with Gasteiger partial charge in [0.15, 0.2) is 0 Å². The number of hydrogen-bond donors (Lipinski definition) is 1. The minimum absolute atomic E-state index is 0.0417. The molecule has 0 unspecified atom stereocenters. The first-order valence-electron chi connectivity index (χ1n) is 3.29. The number of carbonyl (C=O) groups is 1. The number of carbonyl (C=O) groups excluding carboxylic acids is 1. The molecule has 5 heteroatoms. The zero-order valence-corrected chi connectivity index (χ0v) is 6.75. The molecule has 0 atom stereocenters. The maximum atomic E-state index is 11.0. The molecule has 1 N–H and O–H groups in total. The lowest BCUT2D eigenvalue weighted by Crippen LogP contribution is -2.21. The molecule has 64 valence electrons. The van der Waals surface area contributed by atoms with Gasteiger partial charge in [-0.15, -0.1) is 0 Å². The fourth-order valence-electron chi connectivity index (χ4n) is 0.831. The largest absolute Gasteiger partial charge is 0.465 e. The van der Waals surface area contributed by atoms with Gasteiger partial charge in [-0.3, -0.25) is 4.79 Å². The van der Waals surface area contributed by atoms with E-state index in [1.807, 2.05) is 0 Å². The highest BCUT2D eigenvalue weighted by Crippen LogP contribution is 1.97. The summed E-state index contributed by atoms with van der Waals surface area (Å²) >= 11 is 0. The molecule has 0 aromatic carbocycles. The lowest BCUT2D eigenvalue weighted by molar-refractivity contribution is 0.0597. The molecule has 0 spiro atoms. The molecular weight excluding hydrogens is 160 g/mol. The van der Waals surface area contributed by atoms with Crippen molar-refractivity contribution in [1.82, 2.24) is 9.97 Å². The van der Waals surface area contributed by atoms with Gasteiger partial charge < -0.3 is 9.72 Å². The summed E-state index contributed by atoms with van der Waals surface area (Å²) in [4.78, 5) is 28.1. The van der Waals surface area contributed by atoms with E-state index >= 15 is 0 Å². The number of aromatic nitrogens is 2. The predicted octanol–water partition coefficient (Wildman–Crippen LogP) is -0.135. The Bertz CT molecular complexity index is 356. The molecule has 0 saturated heterocycles. The van der Waals surface area contributed by atoms with E-state index in [1.54, 1.807) is 6.92 Å². The van der Waals surface area contributed by atoms with Crippen LogP contribution in [-0.4, -0.2) is 23.0 Å². The molecule has 5 nitrogen and oxygen atoms in total. The van der Waals surface area contributed by atoms with Crippen molar-refractivity contribution >= 4 is 5.97 Å². The van der Waals surface area contributed by atoms with E-state index in [9.17, 15) is 9.59 Å². The molecule has 0 fully saturated rings. The van der Waals surface area contributed by atoms with Crippen LogP contribution in [0.3, 0.4) is 0 Å². The summed E-state index contributed by atoms with van der Waals surface area (Å²) < 4.78 is 4.40. The lowest BCUT2D eigenvalue weighted by atomic mass is 10.2. The number of H-pyrrole nitrogens is 1. The molecule has 0 aliphatic heterocycles. The van der Waals surface area contributed by atoms with Crippen molar-refractivity contribution in [2.45, 2.75) is 6.92 Å². The molecule has 0 radical (unpaired) electrons. The third-order valence-electron chi connectivity index (χ3n) is 1.43. The molecule has 1 aromatic rings. The van der Waals surface area contributed by atoms with E-state index in [-0.39, 0.29) is 5.56 Å². The van der Waals surface area contributed by atoms with Crippen molar-refractivity contribution in [3.8, 4) is 0 Å². The number of hydrogen-bond acceptors (Lipinski definition) is 4. The Morgan fingerprint density at radius 2 is 2.33 bits per heavy atom. The Balaban J connectivity index is 3.31. The molecular formula is C7H8N2O3.